The Morgan fingerprint density at radius 3 is 2.54 bits per heavy atom. The van der Waals surface area contributed by atoms with Crippen LogP contribution in [-0.4, -0.2) is 41.1 Å². The number of hydrogen-bond donors (Lipinski definition) is 1. The molecule has 1 saturated carbocycles. The van der Waals surface area contributed by atoms with Crippen LogP contribution in [0.2, 0.25) is 0 Å². The summed E-state index contributed by atoms with van der Waals surface area (Å²) < 4.78 is 5.78. The molecule has 1 N–H and O–H groups in total. The topological polar surface area (TPSA) is 66.8 Å². The molecule has 1 aliphatic heterocycles. The average molecular weight is 359 g/mol. The van der Waals surface area contributed by atoms with E-state index < -0.39 is 11.5 Å². The van der Waals surface area contributed by atoms with E-state index in [1.807, 2.05) is 24.3 Å². The van der Waals surface area contributed by atoms with Crippen LogP contribution in [0.4, 0.5) is 0 Å². The van der Waals surface area contributed by atoms with Crippen molar-refractivity contribution >= 4 is 11.8 Å². The highest BCUT2D eigenvalue weighted by atomic mass is 16.5. The number of likely N-dealkylation sites (tertiary alicyclic amines) is 1. The molecule has 2 fully saturated rings. The van der Waals surface area contributed by atoms with E-state index in [9.17, 15) is 14.7 Å². The summed E-state index contributed by atoms with van der Waals surface area (Å²) in [6, 6.07) is 7.75. The molecule has 5 nitrogen and oxygen atoms in total. The summed E-state index contributed by atoms with van der Waals surface area (Å²) in [5, 5.41) is 10.4. The molecule has 142 valence electrons. The maximum Gasteiger partial charge on any atom is 0.235 e. The first-order valence-corrected chi connectivity index (χ1v) is 9.67. The van der Waals surface area contributed by atoms with E-state index >= 15 is 0 Å². The molecule has 3 rings (SSSR count). The third-order valence-corrected chi connectivity index (χ3v) is 5.67. The number of ether oxygens (including phenoxy) is 1. The highest BCUT2D eigenvalue weighted by molar-refractivity contribution is 6.06. The van der Waals surface area contributed by atoms with Crippen LogP contribution >= 0.6 is 0 Å². The van der Waals surface area contributed by atoms with Crippen LogP contribution in [0.25, 0.3) is 0 Å². The fraction of sp³-hybridized carbons (Fsp3) is 0.619. The summed E-state index contributed by atoms with van der Waals surface area (Å²) in [7, 11) is 0. The molecule has 0 bridgehead atoms. The predicted molar refractivity (Wildman–Crippen MR) is 98.9 cm³/mol. The number of aliphatic hydroxyl groups is 1. The van der Waals surface area contributed by atoms with E-state index in [4.69, 9.17) is 4.74 Å². The molecule has 1 aliphatic carbocycles. The lowest BCUT2D eigenvalue weighted by Crippen LogP contribution is -2.42. The highest BCUT2D eigenvalue weighted by Crippen LogP contribution is 2.45. The summed E-state index contributed by atoms with van der Waals surface area (Å²) in [5.74, 6) is 0.808. The number of amides is 2. The number of carbonyl (C=O) groups excluding carboxylic acids is 2. The molecule has 5 heteroatoms. The smallest absolute Gasteiger partial charge is 0.235 e. The van der Waals surface area contributed by atoms with Gasteiger partial charge in [0.15, 0.2) is 0 Å². The van der Waals surface area contributed by atoms with Gasteiger partial charge in [-0.3, -0.25) is 14.5 Å². The summed E-state index contributed by atoms with van der Waals surface area (Å²) in [5.41, 5.74) is 0.578. The van der Waals surface area contributed by atoms with Crippen molar-refractivity contribution < 1.29 is 19.4 Å². The average Bonchev–Trinajstić information content (AvgIpc) is 2.85. The molecule has 0 unspecified atom stereocenters. The predicted octanol–water partition coefficient (Wildman–Crippen LogP) is 3.26. The Bertz CT molecular complexity index is 664. The second-order valence-corrected chi connectivity index (χ2v) is 7.98. The Kier molecular flexibility index (Phi) is 5.66. The second kappa shape index (κ2) is 7.78. The van der Waals surface area contributed by atoms with Crippen LogP contribution in [0.1, 0.15) is 63.9 Å². The molecule has 1 aromatic carbocycles. The van der Waals surface area contributed by atoms with Crippen molar-refractivity contribution in [1.82, 2.24) is 4.90 Å². The number of hydrogen-bond acceptors (Lipinski definition) is 4. The summed E-state index contributed by atoms with van der Waals surface area (Å²) >= 11 is 0. The Morgan fingerprint density at radius 2 is 1.85 bits per heavy atom. The molecule has 2 aliphatic rings. The van der Waals surface area contributed by atoms with Crippen molar-refractivity contribution in [3.63, 3.8) is 0 Å². The highest BCUT2D eigenvalue weighted by Gasteiger charge is 2.51. The van der Waals surface area contributed by atoms with Crippen LogP contribution in [0, 0.1) is 5.41 Å². The molecule has 1 aromatic rings. The van der Waals surface area contributed by atoms with Gasteiger partial charge in [0.25, 0.3) is 0 Å². The van der Waals surface area contributed by atoms with Crippen LogP contribution in [-0.2, 0) is 9.59 Å². The molecule has 0 aromatic heterocycles. The van der Waals surface area contributed by atoms with Crippen LogP contribution in [0.15, 0.2) is 24.3 Å². The largest absolute Gasteiger partial charge is 0.491 e. The third-order valence-electron chi connectivity index (χ3n) is 5.67. The van der Waals surface area contributed by atoms with E-state index in [0.717, 1.165) is 43.4 Å². The third kappa shape index (κ3) is 3.78. The number of imide groups is 1. The van der Waals surface area contributed by atoms with Gasteiger partial charge in [0, 0.05) is 6.42 Å². The monoisotopic (exact) mass is 359 g/mol. The number of aliphatic hydroxyl groups excluding tert-OH is 1. The number of benzene rings is 1. The SMILES string of the molecule is CC(C)c1ccccc1OC[C@@H](O)CN1C(=O)CC2(CCCCC2)C1=O. The first-order valence-electron chi connectivity index (χ1n) is 9.67. The molecule has 26 heavy (non-hydrogen) atoms. The van der Waals surface area contributed by atoms with Gasteiger partial charge in [0.1, 0.15) is 18.5 Å². The van der Waals surface area contributed by atoms with Crippen molar-refractivity contribution in [3.8, 4) is 5.75 Å². The Balaban J connectivity index is 1.59. The van der Waals surface area contributed by atoms with Gasteiger partial charge < -0.3 is 9.84 Å². The van der Waals surface area contributed by atoms with Gasteiger partial charge in [-0.05, 0) is 30.4 Å². The zero-order valence-electron chi connectivity index (χ0n) is 15.7. The van der Waals surface area contributed by atoms with Crippen LogP contribution in [0.3, 0.4) is 0 Å². The van der Waals surface area contributed by atoms with E-state index in [0.29, 0.717) is 12.3 Å². The molecule has 1 atom stereocenters. The standard InChI is InChI=1S/C21H29NO4/c1-15(2)17-8-4-5-9-18(17)26-14-16(23)13-22-19(24)12-21(20(22)25)10-6-3-7-11-21/h4-5,8-9,15-16,23H,3,6-7,10-14H2,1-2H3/t16-/m0/s1. The normalized spacial score (nSPS) is 20.8. The van der Waals surface area contributed by atoms with Gasteiger partial charge in [-0.25, -0.2) is 0 Å². The first kappa shape index (κ1) is 18.9. The first-order chi connectivity index (χ1) is 12.4. The molecule has 1 saturated heterocycles. The molecule has 1 heterocycles. The number of nitrogens with zero attached hydrogens (tertiary/aromatic N) is 1. The van der Waals surface area contributed by atoms with Gasteiger partial charge >= 0.3 is 0 Å². The number of β-amino-alcohol motifs (C(OH)–C–C–N with tert-alkyl or cyclic N) is 1. The fourth-order valence-electron chi connectivity index (χ4n) is 4.20. The van der Waals surface area contributed by atoms with Crippen molar-refractivity contribution in [2.24, 2.45) is 5.41 Å². The minimum absolute atomic E-state index is 0.0171. The zero-order valence-corrected chi connectivity index (χ0v) is 15.7. The van der Waals surface area contributed by atoms with Gasteiger partial charge in [-0.15, -0.1) is 0 Å². The maximum absolute atomic E-state index is 12.8. The van der Waals surface area contributed by atoms with Crippen molar-refractivity contribution in [2.75, 3.05) is 13.2 Å². The van der Waals surface area contributed by atoms with Gasteiger partial charge in [0.05, 0.1) is 12.0 Å². The van der Waals surface area contributed by atoms with E-state index in [-0.39, 0.29) is 25.0 Å². The summed E-state index contributed by atoms with van der Waals surface area (Å²) in [4.78, 5) is 26.4. The molecule has 1 spiro atoms. The number of rotatable bonds is 6. The minimum atomic E-state index is -0.887. The molecule has 2 amide bonds. The van der Waals surface area contributed by atoms with Gasteiger partial charge in [-0.1, -0.05) is 51.3 Å². The van der Waals surface area contributed by atoms with Crippen LogP contribution < -0.4 is 4.74 Å². The quantitative estimate of drug-likeness (QED) is 0.792. The summed E-state index contributed by atoms with van der Waals surface area (Å²) in [6.45, 7) is 4.25. The Morgan fingerprint density at radius 1 is 1.15 bits per heavy atom. The molecular weight excluding hydrogens is 330 g/mol. The Hall–Kier alpha value is -1.88. The lowest BCUT2D eigenvalue weighted by atomic mass is 9.73. The fourth-order valence-corrected chi connectivity index (χ4v) is 4.20. The van der Waals surface area contributed by atoms with Gasteiger partial charge in [-0.2, -0.15) is 0 Å². The van der Waals surface area contributed by atoms with Gasteiger partial charge in [0.2, 0.25) is 11.8 Å². The lowest BCUT2D eigenvalue weighted by Gasteiger charge is -2.30. The minimum Gasteiger partial charge on any atom is -0.491 e. The molecule has 0 radical (unpaired) electrons. The van der Waals surface area contributed by atoms with Crippen molar-refractivity contribution in [1.29, 1.82) is 0 Å². The Labute approximate surface area is 155 Å². The number of carbonyl (C=O) groups is 2. The molecular formula is C21H29NO4. The number of para-hydroxylation sites is 1. The van der Waals surface area contributed by atoms with E-state index in [2.05, 4.69) is 13.8 Å². The van der Waals surface area contributed by atoms with E-state index in [1.54, 1.807) is 0 Å². The van der Waals surface area contributed by atoms with Crippen molar-refractivity contribution in [3.05, 3.63) is 29.8 Å². The maximum atomic E-state index is 12.8. The summed E-state index contributed by atoms with van der Waals surface area (Å²) in [6.07, 6.45) is 4.15. The van der Waals surface area contributed by atoms with Crippen LogP contribution in [0.5, 0.6) is 5.75 Å². The van der Waals surface area contributed by atoms with E-state index in [1.165, 1.54) is 4.90 Å². The zero-order chi connectivity index (χ0) is 18.7. The van der Waals surface area contributed by atoms with Crippen molar-refractivity contribution in [2.45, 2.75) is 64.4 Å². The second-order valence-electron chi connectivity index (χ2n) is 7.98. The lowest BCUT2D eigenvalue weighted by molar-refractivity contribution is -0.144.